The molecule has 3 N–H and O–H groups in total. The minimum Gasteiger partial charge on any atom is -0.396 e. The predicted octanol–water partition coefficient (Wildman–Crippen LogP) is 3.04. The van der Waals surface area contributed by atoms with Gasteiger partial charge in [-0.15, -0.1) is 0 Å². The molecular formula is C15H21Cl2N3O. The summed E-state index contributed by atoms with van der Waals surface area (Å²) in [7, 11) is 0. The van der Waals surface area contributed by atoms with E-state index >= 15 is 0 Å². The Morgan fingerprint density at radius 3 is 2.48 bits per heavy atom. The number of hydrogen-bond donors (Lipinski definition) is 2. The third kappa shape index (κ3) is 4.50. The minimum atomic E-state index is -0.177. The SMILES string of the molecule is CC1CCN(CCNC(=O)c2cc(Cl)c(N)c(Cl)c2)CC1. The molecule has 1 aromatic rings. The molecule has 1 heterocycles. The fourth-order valence-electron chi connectivity index (χ4n) is 2.43. The Morgan fingerprint density at radius 1 is 1.33 bits per heavy atom. The number of nitrogens with one attached hydrogen (secondary N) is 1. The molecular weight excluding hydrogens is 309 g/mol. The Balaban J connectivity index is 1.82. The highest BCUT2D eigenvalue weighted by atomic mass is 35.5. The van der Waals surface area contributed by atoms with Crippen LogP contribution in [0.1, 0.15) is 30.1 Å². The van der Waals surface area contributed by atoms with E-state index in [4.69, 9.17) is 28.9 Å². The molecule has 1 saturated heterocycles. The lowest BCUT2D eigenvalue weighted by atomic mass is 9.99. The van der Waals surface area contributed by atoms with Gasteiger partial charge in [0.2, 0.25) is 0 Å². The number of carbonyl (C=O) groups is 1. The van der Waals surface area contributed by atoms with E-state index < -0.39 is 0 Å². The molecule has 1 aliphatic heterocycles. The molecule has 0 radical (unpaired) electrons. The lowest BCUT2D eigenvalue weighted by Gasteiger charge is -2.30. The van der Waals surface area contributed by atoms with Crippen LogP contribution in [-0.4, -0.2) is 37.0 Å². The predicted molar refractivity (Wildman–Crippen MR) is 88.0 cm³/mol. The minimum absolute atomic E-state index is 0.177. The maximum absolute atomic E-state index is 12.1. The molecule has 0 saturated carbocycles. The first-order valence-corrected chi connectivity index (χ1v) is 7.98. The van der Waals surface area contributed by atoms with Gasteiger partial charge in [-0.05, 0) is 44.0 Å². The van der Waals surface area contributed by atoms with Crippen molar-refractivity contribution in [3.05, 3.63) is 27.7 Å². The Hall–Kier alpha value is -0.970. The second-order valence-electron chi connectivity index (χ2n) is 5.63. The van der Waals surface area contributed by atoms with Gasteiger partial charge in [0.1, 0.15) is 0 Å². The van der Waals surface area contributed by atoms with Crippen molar-refractivity contribution in [2.75, 3.05) is 31.9 Å². The number of hydrogen-bond acceptors (Lipinski definition) is 3. The number of benzene rings is 1. The molecule has 1 aromatic carbocycles. The maximum atomic E-state index is 12.1. The second-order valence-corrected chi connectivity index (χ2v) is 6.45. The van der Waals surface area contributed by atoms with Crippen LogP contribution in [0.4, 0.5) is 5.69 Å². The van der Waals surface area contributed by atoms with E-state index in [0.29, 0.717) is 27.8 Å². The molecule has 0 unspecified atom stereocenters. The monoisotopic (exact) mass is 329 g/mol. The Kier molecular flexibility index (Phi) is 5.73. The van der Waals surface area contributed by atoms with Crippen molar-refractivity contribution in [2.24, 2.45) is 5.92 Å². The topological polar surface area (TPSA) is 58.4 Å². The van der Waals surface area contributed by atoms with Crippen molar-refractivity contribution in [2.45, 2.75) is 19.8 Å². The Labute approximate surface area is 135 Å². The number of nitrogen functional groups attached to an aromatic ring is 1. The molecule has 0 spiro atoms. The van der Waals surface area contributed by atoms with E-state index in [1.54, 1.807) is 12.1 Å². The summed E-state index contributed by atoms with van der Waals surface area (Å²) in [4.78, 5) is 14.4. The van der Waals surface area contributed by atoms with Gasteiger partial charge in [0, 0.05) is 18.7 Å². The first-order chi connectivity index (χ1) is 9.97. The molecule has 2 rings (SSSR count). The zero-order chi connectivity index (χ0) is 15.4. The number of amides is 1. The molecule has 116 valence electrons. The third-order valence-electron chi connectivity index (χ3n) is 3.93. The van der Waals surface area contributed by atoms with Gasteiger partial charge in [0.25, 0.3) is 5.91 Å². The number of nitrogens with zero attached hydrogens (tertiary/aromatic N) is 1. The molecule has 0 aromatic heterocycles. The van der Waals surface area contributed by atoms with Crippen molar-refractivity contribution < 1.29 is 4.79 Å². The Morgan fingerprint density at radius 2 is 1.90 bits per heavy atom. The van der Waals surface area contributed by atoms with Gasteiger partial charge in [-0.2, -0.15) is 0 Å². The molecule has 4 nitrogen and oxygen atoms in total. The standard InChI is InChI=1S/C15H21Cl2N3O/c1-10-2-5-20(6-3-10)7-4-19-15(21)11-8-12(16)14(18)13(17)9-11/h8-10H,2-7,18H2,1H3,(H,19,21). The van der Waals surface area contributed by atoms with Crippen molar-refractivity contribution >= 4 is 34.8 Å². The zero-order valence-electron chi connectivity index (χ0n) is 12.2. The average Bonchev–Trinajstić information content (AvgIpc) is 2.46. The highest BCUT2D eigenvalue weighted by Crippen LogP contribution is 2.28. The van der Waals surface area contributed by atoms with E-state index in [2.05, 4.69) is 17.1 Å². The zero-order valence-corrected chi connectivity index (χ0v) is 13.7. The quantitative estimate of drug-likeness (QED) is 0.835. The fraction of sp³-hybridized carbons (Fsp3) is 0.533. The highest BCUT2D eigenvalue weighted by molar-refractivity contribution is 6.39. The summed E-state index contributed by atoms with van der Waals surface area (Å²) in [6.07, 6.45) is 2.47. The van der Waals surface area contributed by atoms with E-state index in [1.165, 1.54) is 12.8 Å². The maximum Gasteiger partial charge on any atom is 0.251 e. The van der Waals surface area contributed by atoms with Crippen LogP contribution in [0.15, 0.2) is 12.1 Å². The van der Waals surface area contributed by atoms with Crippen LogP contribution in [0.25, 0.3) is 0 Å². The number of anilines is 1. The van der Waals surface area contributed by atoms with Gasteiger partial charge in [-0.25, -0.2) is 0 Å². The number of nitrogens with two attached hydrogens (primary N) is 1. The molecule has 1 amide bonds. The van der Waals surface area contributed by atoms with Crippen LogP contribution in [0.5, 0.6) is 0 Å². The number of likely N-dealkylation sites (tertiary alicyclic amines) is 1. The van der Waals surface area contributed by atoms with Gasteiger partial charge in [0.05, 0.1) is 15.7 Å². The van der Waals surface area contributed by atoms with Crippen molar-refractivity contribution in [1.82, 2.24) is 10.2 Å². The first-order valence-electron chi connectivity index (χ1n) is 7.22. The van der Waals surface area contributed by atoms with Gasteiger partial charge < -0.3 is 16.0 Å². The summed E-state index contributed by atoms with van der Waals surface area (Å²) >= 11 is 11.9. The van der Waals surface area contributed by atoms with Crippen LogP contribution in [-0.2, 0) is 0 Å². The van der Waals surface area contributed by atoms with Gasteiger partial charge in [-0.3, -0.25) is 4.79 Å². The number of carbonyl (C=O) groups excluding carboxylic acids is 1. The van der Waals surface area contributed by atoms with Crippen molar-refractivity contribution in [3.63, 3.8) is 0 Å². The fourth-order valence-corrected chi connectivity index (χ4v) is 2.92. The number of piperidine rings is 1. The highest BCUT2D eigenvalue weighted by Gasteiger charge is 2.16. The lowest BCUT2D eigenvalue weighted by Crippen LogP contribution is -2.39. The summed E-state index contributed by atoms with van der Waals surface area (Å²) in [5.74, 6) is 0.638. The van der Waals surface area contributed by atoms with Crippen LogP contribution >= 0.6 is 23.2 Å². The molecule has 0 bridgehead atoms. The summed E-state index contributed by atoms with van der Waals surface area (Å²) < 4.78 is 0. The van der Waals surface area contributed by atoms with Gasteiger partial charge >= 0.3 is 0 Å². The van der Waals surface area contributed by atoms with Gasteiger partial charge in [0.15, 0.2) is 0 Å². The third-order valence-corrected chi connectivity index (χ3v) is 4.56. The van der Waals surface area contributed by atoms with E-state index in [1.807, 2.05) is 0 Å². The van der Waals surface area contributed by atoms with Gasteiger partial charge in [-0.1, -0.05) is 30.1 Å². The van der Waals surface area contributed by atoms with Crippen molar-refractivity contribution in [1.29, 1.82) is 0 Å². The van der Waals surface area contributed by atoms with Crippen LogP contribution in [0, 0.1) is 5.92 Å². The normalized spacial score (nSPS) is 16.9. The second kappa shape index (κ2) is 7.34. The average molecular weight is 330 g/mol. The Bertz CT molecular complexity index is 491. The molecule has 0 aliphatic carbocycles. The van der Waals surface area contributed by atoms with Crippen LogP contribution < -0.4 is 11.1 Å². The van der Waals surface area contributed by atoms with E-state index in [0.717, 1.165) is 25.6 Å². The number of halogens is 2. The summed E-state index contributed by atoms with van der Waals surface area (Å²) in [6.45, 7) is 5.99. The van der Waals surface area contributed by atoms with Crippen LogP contribution in [0.3, 0.4) is 0 Å². The molecule has 1 fully saturated rings. The molecule has 21 heavy (non-hydrogen) atoms. The summed E-state index contributed by atoms with van der Waals surface area (Å²) in [6, 6.07) is 3.08. The van der Waals surface area contributed by atoms with Crippen LogP contribution in [0.2, 0.25) is 10.0 Å². The largest absolute Gasteiger partial charge is 0.396 e. The summed E-state index contributed by atoms with van der Waals surface area (Å²) in [5, 5.41) is 3.50. The smallest absolute Gasteiger partial charge is 0.251 e. The first kappa shape index (κ1) is 16.4. The molecule has 6 heteroatoms. The van der Waals surface area contributed by atoms with Crippen molar-refractivity contribution in [3.8, 4) is 0 Å². The lowest BCUT2D eigenvalue weighted by molar-refractivity contribution is 0.0944. The molecule has 1 aliphatic rings. The van der Waals surface area contributed by atoms with E-state index in [-0.39, 0.29) is 5.91 Å². The van der Waals surface area contributed by atoms with E-state index in [9.17, 15) is 4.79 Å². The number of rotatable bonds is 4. The summed E-state index contributed by atoms with van der Waals surface area (Å²) in [5.41, 5.74) is 6.40. The molecule has 0 atom stereocenters.